The van der Waals surface area contributed by atoms with Gasteiger partial charge in [0.05, 0.1) is 18.5 Å². The number of benzene rings is 2. The molecule has 0 unspecified atom stereocenters. The SMILES string of the molecule is COc1cc(/C=C/C(=O)Nc2ccccc2N)ccc1O. The molecule has 0 aliphatic rings. The van der Waals surface area contributed by atoms with Gasteiger partial charge in [-0.05, 0) is 35.9 Å². The van der Waals surface area contributed by atoms with Crippen LogP contribution in [0, 0.1) is 0 Å². The number of nitrogens with two attached hydrogens (primary N) is 1. The van der Waals surface area contributed by atoms with Crippen LogP contribution in [0.15, 0.2) is 48.5 Å². The second kappa shape index (κ2) is 6.47. The average Bonchev–Trinajstić information content (AvgIpc) is 2.49. The van der Waals surface area contributed by atoms with Crippen molar-refractivity contribution in [2.75, 3.05) is 18.2 Å². The topological polar surface area (TPSA) is 84.6 Å². The molecule has 2 rings (SSSR count). The summed E-state index contributed by atoms with van der Waals surface area (Å²) in [5.74, 6) is 0.112. The predicted octanol–water partition coefficient (Wildman–Crippen LogP) is 2.63. The van der Waals surface area contributed by atoms with Crippen LogP contribution in [0.4, 0.5) is 11.4 Å². The molecule has 0 saturated carbocycles. The summed E-state index contributed by atoms with van der Waals surface area (Å²) in [7, 11) is 1.47. The molecule has 0 bridgehead atoms. The van der Waals surface area contributed by atoms with Crippen molar-refractivity contribution in [2.24, 2.45) is 0 Å². The third-order valence-corrected chi connectivity index (χ3v) is 2.85. The third kappa shape index (κ3) is 3.76. The Morgan fingerprint density at radius 2 is 2.05 bits per heavy atom. The molecule has 5 heteroatoms. The van der Waals surface area contributed by atoms with Gasteiger partial charge in [0.15, 0.2) is 11.5 Å². The summed E-state index contributed by atoms with van der Waals surface area (Å²) in [6, 6.07) is 11.8. The van der Waals surface area contributed by atoms with Crippen LogP contribution in [0.25, 0.3) is 6.08 Å². The number of nitrogen functional groups attached to an aromatic ring is 1. The number of aromatic hydroxyl groups is 1. The molecule has 5 nitrogen and oxygen atoms in total. The summed E-state index contributed by atoms with van der Waals surface area (Å²) in [4.78, 5) is 11.8. The van der Waals surface area contributed by atoms with Crippen molar-refractivity contribution in [3.05, 3.63) is 54.1 Å². The molecule has 0 radical (unpaired) electrons. The molecular formula is C16H16N2O3. The van der Waals surface area contributed by atoms with E-state index in [1.54, 1.807) is 42.5 Å². The number of para-hydroxylation sites is 2. The molecule has 21 heavy (non-hydrogen) atoms. The van der Waals surface area contributed by atoms with Gasteiger partial charge in [-0.2, -0.15) is 0 Å². The average molecular weight is 284 g/mol. The van der Waals surface area contributed by atoms with Crippen molar-refractivity contribution in [1.82, 2.24) is 0 Å². The molecule has 0 aliphatic carbocycles. The van der Waals surface area contributed by atoms with Crippen molar-refractivity contribution in [1.29, 1.82) is 0 Å². The van der Waals surface area contributed by atoms with E-state index < -0.39 is 0 Å². The first kappa shape index (κ1) is 14.5. The highest BCUT2D eigenvalue weighted by molar-refractivity contribution is 6.03. The monoisotopic (exact) mass is 284 g/mol. The minimum Gasteiger partial charge on any atom is -0.504 e. The van der Waals surface area contributed by atoms with Gasteiger partial charge in [-0.15, -0.1) is 0 Å². The van der Waals surface area contributed by atoms with Gasteiger partial charge in [0.1, 0.15) is 0 Å². The summed E-state index contributed by atoms with van der Waals surface area (Å²) < 4.78 is 5.00. The van der Waals surface area contributed by atoms with E-state index in [1.807, 2.05) is 0 Å². The zero-order valence-corrected chi connectivity index (χ0v) is 11.5. The molecule has 0 heterocycles. The van der Waals surface area contributed by atoms with E-state index in [4.69, 9.17) is 10.5 Å². The number of carbonyl (C=O) groups excluding carboxylic acids is 1. The van der Waals surface area contributed by atoms with E-state index in [-0.39, 0.29) is 11.7 Å². The fourth-order valence-corrected chi connectivity index (χ4v) is 1.76. The Morgan fingerprint density at radius 3 is 2.76 bits per heavy atom. The molecule has 0 spiro atoms. The smallest absolute Gasteiger partial charge is 0.248 e. The van der Waals surface area contributed by atoms with Crippen LogP contribution < -0.4 is 15.8 Å². The molecule has 0 atom stereocenters. The Bertz CT molecular complexity index is 681. The lowest BCUT2D eigenvalue weighted by Crippen LogP contribution is -2.09. The Balaban J connectivity index is 2.07. The van der Waals surface area contributed by atoms with Crippen LogP contribution in [0.2, 0.25) is 0 Å². The molecule has 0 saturated heterocycles. The number of methoxy groups -OCH3 is 1. The van der Waals surface area contributed by atoms with E-state index >= 15 is 0 Å². The van der Waals surface area contributed by atoms with Crippen molar-refractivity contribution in [3.8, 4) is 11.5 Å². The van der Waals surface area contributed by atoms with Crippen molar-refractivity contribution < 1.29 is 14.6 Å². The van der Waals surface area contributed by atoms with Gasteiger partial charge in [-0.3, -0.25) is 4.79 Å². The van der Waals surface area contributed by atoms with Crippen LogP contribution in [-0.2, 0) is 4.79 Å². The van der Waals surface area contributed by atoms with Gasteiger partial charge < -0.3 is 20.9 Å². The maximum absolute atomic E-state index is 11.8. The van der Waals surface area contributed by atoms with Gasteiger partial charge in [-0.1, -0.05) is 18.2 Å². The Hall–Kier alpha value is -2.95. The summed E-state index contributed by atoms with van der Waals surface area (Å²) in [5.41, 5.74) is 7.55. The van der Waals surface area contributed by atoms with Gasteiger partial charge >= 0.3 is 0 Å². The number of rotatable bonds is 4. The first-order chi connectivity index (χ1) is 10.1. The predicted molar refractivity (Wildman–Crippen MR) is 83.2 cm³/mol. The largest absolute Gasteiger partial charge is 0.504 e. The first-order valence-electron chi connectivity index (χ1n) is 6.30. The van der Waals surface area contributed by atoms with Crippen LogP contribution in [0.1, 0.15) is 5.56 Å². The number of phenolic OH excluding ortho intramolecular Hbond substituents is 1. The van der Waals surface area contributed by atoms with Crippen molar-refractivity contribution in [2.45, 2.75) is 0 Å². The highest BCUT2D eigenvalue weighted by Gasteiger charge is 2.03. The number of ether oxygens (including phenoxy) is 1. The molecular weight excluding hydrogens is 268 g/mol. The molecule has 2 aromatic carbocycles. The van der Waals surface area contributed by atoms with E-state index in [9.17, 15) is 9.90 Å². The number of amides is 1. The second-order valence-corrected chi connectivity index (χ2v) is 4.34. The molecule has 4 N–H and O–H groups in total. The number of phenols is 1. The van der Waals surface area contributed by atoms with Crippen LogP contribution in [0.3, 0.4) is 0 Å². The maximum Gasteiger partial charge on any atom is 0.248 e. The van der Waals surface area contributed by atoms with Gasteiger partial charge in [-0.25, -0.2) is 0 Å². The molecule has 0 aromatic heterocycles. The number of anilines is 2. The highest BCUT2D eigenvalue weighted by Crippen LogP contribution is 2.26. The summed E-state index contributed by atoms with van der Waals surface area (Å²) in [6.07, 6.45) is 3.01. The lowest BCUT2D eigenvalue weighted by Gasteiger charge is -2.05. The number of nitrogens with one attached hydrogen (secondary N) is 1. The van der Waals surface area contributed by atoms with E-state index in [2.05, 4.69) is 5.32 Å². The van der Waals surface area contributed by atoms with Gasteiger partial charge in [0, 0.05) is 6.08 Å². The van der Waals surface area contributed by atoms with Gasteiger partial charge in [0.2, 0.25) is 5.91 Å². The number of hydrogen-bond donors (Lipinski definition) is 3. The van der Waals surface area contributed by atoms with Crippen LogP contribution >= 0.6 is 0 Å². The quantitative estimate of drug-likeness (QED) is 0.595. The lowest BCUT2D eigenvalue weighted by atomic mass is 10.2. The molecule has 108 valence electrons. The highest BCUT2D eigenvalue weighted by atomic mass is 16.5. The zero-order valence-electron chi connectivity index (χ0n) is 11.5. The van der Waals surface area contributed by atoms with Gasteiger partial charge in [0.25, 0.3) is 0 Å². The third-order valence-electron chi connectivity index (χ3n) is 2.85. The minimum absolute atomic E-state index is 0.0520. The fourth-order valence-electron chi connectivity index (χ4n) is 1.76. The second-order valence-electron chi connectivity index (χ2n) is 4.34. The molecule has 0 fully saturated rings. The van der Waals surface area contributed by atoms with E-state index in [0.717, 1.165) is 5.56 Å². The Kier molecular flexibility index (Phi) is 4.46. The van der Waals surface area contributed by atoms with E-state index in [0.29, 0.717) is 17.1 Å². The summed E-state index contributed by atoms with van der Waals surface area (Å²) in [5, 5.41) is 12.2. The fraction of sp³-hybridized carbons (Fsp3) is 0.0625. The summed E-state index contributed by atoms with van der Waals surface area (Å²) in [6.45, 7) is 0. The van der Waals surface area contributed by atoms with Crippen molar-refractivity contribution in [3.63, 3.8) is 0 Å². The molecule has 0 aliphatic heterocycles. The zero-order chi connectivity index (χ0) is 15.2. The summed E-state index contributed by atoms with van der Waals surface area (Å²) >= 11 is 0. The molecule has 2 aromatic rings. The Labute approximate surface area is 122 Å². The lowest BCUT2D eigenvalue weighted by molar-refractivity contribution is -0.111. The standard InChI is InChI=1S/C16H16N2O3/c1-21-15-10-11(6-8-14(15)19)7-9-16(20)18-13-5-3-2-4-12(13)17/h2-10,19H,17H2,1H3,(H,18,20)/b9-7+. The minimum atomic E-state index is -0.292. The Morgan fingerprint density at radius 1 is 1.29 bits per heavy atom. The number of carbonyl (C=O) groups is 1. The normalized spacial score (nSPS) is 10.5. The van der Waals surface area contributed by atoms with Crippen LogP contribution in [0.5, 0.6) is 11.5 Å². The maximum atomic E-state index is 11.8. The first-order valence-corrected chi connectivity index (χ1v) is 6.30. The van der Waals surface area contributed by atoms with Crippen molar-refractivity contribution >= 4 is 23.4 Å². The van der Waals surface area contributed by atoms with Crippen LogP contribution in [-0.4, -0.2) is 18.1 Å². The van der Waals surface area contributed by atoms with E-state index in [1.165, 1.54) is 19.3 Å². The number of hydrogen-bond acceptors (Lipinski definition) is 4. The molecule has 1 amide bonds.